The number of hydrogen-bond acceptors (Lipinski definition) is 6. The summed E-state index contributed by atoms with van der Waals surface area (Å²) in [5.74, 6) is -0.321. The number of benzene rings is 2. The summed E-state index contributed by atoms with van der Waals surface area (Å²) < 4.78 is 5.76. The minimum atomic E-state index is -1.01. The van der Waals surface area contributed by atoms with E-state index in [9.17, 15) is 9.59 Å². The smallest absolute Gasteiger partial charge is 0.335 e. The molecule has 8 heteroatoms. The van der Waals surface area contributed by atoms with Crippen LogP contribution in [0.15, 0.2) is 86.3 Å². The number of hydrogen-bond donors (Lipinski definition) is 2. The summed E-state index contributed by atoms with van der Waals surface area (Å²) in [4.78, 5) is 23.7. The summed E-state index contributed by atoms with van der Waals surface area (Å²) in [7, 11) is 0. The van der Waals surface area contributed by atoms with E-state index in [1.54, 1.807) is 36.6 Å². The number of thioether (sulfide) groups is 1. The normalized spacial score (nSPS) is 16.5. The van der Waals surface area contributed by atoms with E-state index in [1.165, 1.54) is 12.1 Å². The number of carbonyl (C=O) groups excluding carboxylic acids is 1. The number of nitrogens with one attached hydrogen (secondary N) is 1. The molecule has 0 unspecified atom stereocenters. The Bertz CT molecular complexity index is 1200. The summed E-state index contributed by atoms with van der Waals surface area (Å²) >= 11 is 1.16. The van der Waals surface area contributed by atoms with Crippen LogP contribution in [0.3, 0.4) is 0 Å². The third-order valence-electron chi connectivity index (χ3n) is 4.10. The van der Waals surface area contributed by atoms with Gasteiger partial charge in [0.1, 0.15) is 11.5 Å². The van der Waals surface area contributed by atoms with Crippen LogP contribution >= 0.6 is 11.8 Å². The second-order valence-electron chi connectivity index (χ2n) is 6.21. The van der Waals surface area contributed by atoms with Crippen LogP contribution in [0.2, 0.25) is 0 Å². The number of furan rings is 1. The van der Waals surface area contributed by atoms with Gasteiger partial charge in [-0.05, 0) is 41.6 Å². The van der Waals surface area contributed by atoms with Gasteiger partial charge >= 0.3 is 5.97 Å². The van der Waals surface area contributed by atoms with Gasteiger partial charge < -0.3 is 9.52 Å². The SMILES string of the molecule is O=C1N/C(=N\N=C\c2ccccc2)S/C1=C/c1ccc(-c2cccc(C(=O)O)c2)o1. The zero-order valence-electron chi connectivity index (χ0n) is 15.5. The molecule has 1 saturated heterocycles. The third-order valence-corrected chi connectivity index (χ3v) is 5.00. The molecule has 4 rings (SSSR count). The second-order valence-corrected chi connectivity index (χ2v) is 7.24. The van der Waals surface area contributed by atoms with Crippen LogP contribution in [0, 0.1) is 0 Å². The highest BCUT2D eigenvalue weighted by molar-refractivity contribution is 8.18. The first-order chi connectivity index (χ1) is 14.6. The van der Waals surface area contributed by atoms with Gasteiger partial charge in [0.05, 0.1) is 16.7 Å². The van der Waals surface area contributed by atoms with E-state index in [-0.39, 0.29) is 11.5 Å². The van der Waals surface area contributed by atoms with E-state index < -0.39 is 5.97 Å². The molecule has 2 heterocycles. The maximum atomic E-state index is 12.2. The lowest BCUT2D eigenvalue weighted by Gasteiger charge is -1.99. The second kappa shape index (κ2) is 8.62. The highest BCUT2D eigenvalue weighted by atomic mass is 32.2. The van der Waals surface area contributed by atoms with Gasteiger partial charge in [-0.25, -0.2) is 4.79 Å². The fraction of sp³-hybridized carbons (Fsp3) is 0. The number of amidine groups is 1. The predicted molar refractivity (Wildman–Crippen MR) is 116 cm³/mol. The molecule has 0 spiro atoms. The zero-order chi connectivity index (χ0) is 20.9. The highest BCUT2D eigenvalue weighted by Crippen LogP contribution is 2.29. The van der Waals surface area contributed by atoms with Gasteiger partial charge in [0.2, 0.25) is 0 Å². The maximum Gasteiger partial charge on any atom is 0.335 e. The molecule has 3 aromatic rings. The van der Waals surface area contributed by atoms with Gasteiger partial charge in [-0.3, -0.25) is 10.1 Å². The van der Waals surface area contributed by atoms with Crippen molar-refractivity contribution >= 4 is 41.1 Å². The van der Waals surface area contributed by atoms with Gasteiger partial charge in [-0.15, -0.1) is 5.10 Å². The van der Waals surface area contributed by atoms with E-state index in [1.807, 2.05) is 30.3 Å². The van der Waals surface area contributed by atoms with E-state index in [0.717, 1.165) is 17.3 Å². The van der Waals surface area contributed by atoms with Crippen molar-refractivity contribution in [2.75, 3.05) is 0 Å². The van der Waals surface area contributed by atoms with Crippen LogP contribution < -0.4 is 5.32 Å². The van der Waals surface area contributed by atoms with Crippen LogP contribution in [-0.2, 0) is 4.79 Å². The minimum Gasteiger partial charge on any atom is -0.478 e. The average Bonchev–Trinajstić information content (AvgIpc) is 3.36. The number of carboxylic acids is 1. The van der Waals surface area contributed by atoms with Crippen LogP contribution in [0.4, 0.5) is 0 Å². The maximum absolute atomic E-state index is 12.2. The summed E-state index contributed by atoms with van der Waals surface area (Å²) in [6, 6.07) is 19.4. The molecule has 2 aromatic carbocycles. The van der Waals surface area contributed by atoms with Crippen molar-refractivity contribution < 1.29 is 19.1 Å². The standard InChI is InChI=1S/C22H15N3O4S/c26-20-19(30-22(24-20)25-23-13-14-5-2-1-3-6-14)12-17-9-10-18(29-17)15-7-4-8-16(11-15)21(27)28/h1-13H,(H,27,28)(H,24,25,26)/b19-12+,23-13+. The fourth-order valence-corrected chi connectivity index (χ4v) is 3.44. The first-order valence-corrected chi connectivity index (χ1v) is 9.71. The minimum absolute atomic E-state index is 0.173. The monoisotopic (exact) mass is 417 g/mol. The van der Waals surface area contributed by atoms with Crippen molar-refractivity contribution in [2.45, 2.75) is 0 Å². The van der Waals surface area contributed by atoms with Gasteiger partial charge in [-0.1, -0.05) is 42.5 Å². The molecule has 0 radical (unpaired) electrons. The van der Waals surface area contributed by atoms with Crippen LogP contribution in [0.25, 0.3) is 17.4 Å². The third kappa shape index (κ3) is 4.56. The number of aromatic carboxylic acids is 1. The Hall–Kier alpha value is -3.91. The van der Waals surface area contributed by atoms with Crippen LogP contribution in [-0.4, -0.2) is 28.4 Å². The summed E-state index contributed by atoms with van der Waals surface area (Å²) in [5, 5.41) is 20.2. The number of rotatable bonds is 5. The fourth-order valence-electron chi connectivity index (χ4n) is 2.68. The van der Waals surface area contributed by atoms with E-state index in [0.29, 0.717) is 27.2 Å². The molecule has 2 N–H and O–H groups in total. The zero-order valence-corrected chi connectivity index (χ0v) is 16.3. The molecule has 1 fully saturated rings. The van der Waals surface area contributed by atoms with Crippen molar-refractivity contribution in [3.63, 3.8) is 0 Å². The molecule has 1 aromatic heterocycles. The number of carboxylic acid groups (broad SMARTS) is 1. The summed E-state index contributed by atoms with van der Waals surface area (Å²) in [6.07, 6.45) is 3.21. The molecule has 1 aliphatic heterocycles. The van der Waals surface area contributed by atoms with Gasteiger partial charge in [0.15, 0.2) is 5.17 Å². The molecule has 0 bridgehead atoms. The Morgan fingerprint density at radius 2 is 1.90 bits per heavy atom. The summed E-state index contributed by atoms with van der Waals surface area (Å²) in [5.41, 5.74) is 1.72. The van der Waals surface area contributed by atoms with Crippen LogP contribution in [0.1, 0.15) is 21.7 Å². The Kier molecular flexibility index (Phi) is 5.58. The van der Waals surface area contributed by atoms with E-state index in [4.69, 9.17) is 9.52 Å². The highest BCUT2D eigenvalue weighted by Gasteiger charge is 2.24. The molecular formula is C22H15N3O4S. The molecule has 0 aliphatic carbocycles. The van der Waals surface area contributed by atoms with Crippen molar-refractivity contribution in [1.82, 2.24) is 5.32 Å². The molecule has 0 saturated carbocycles. The van der Waals surface area contributed by atoms with Crippen molar-refractivity contribution in [3.8, 4) is 11.3 Å². The Balaban J connectivity index is 1.48. The van der Waals surface area contributed by atoms with Gasteiger partial charge in [-0.2, -0.15) is 5.10 Å². The summed E-state index contributed by atoms with van der Waals surface area (Å²) in [6.45, 7) is 0. The first-order valence-electron chi connectivity index (χ1n) is 8.89. The lowest BCUT2D eigenvalue weighted by molar-refractivity contribution is -0.115. The van der Waals surface area contributed by atoms with Gasteiger partial charge in [0.25, 0.3) is 5.91 Å². The molecule has 7 nitrogen and oxygen atoms in total. The Morgan fingerprint density at radius 1 is 1.07 bits per heavy atom. The quantitative estimate of drug-likeness (QED) is 0.367. The van der Waals surface area contributed by atoms with E-state index >= 15 is 0 Å². The number of amides is 1. The molecular weight excluding hydrogens is 402 g/mol. The molecule has 1 aliphatic rings. The van der Waals surface area contributed by atoms with Crippen molar-refractivity contribution in [3.05, 3.63) is 88.5 Å². The molecule has 30 heavy (non-hydrogen) atoms. The molecule has 148 valence electrons. The van der Waals surface area contributed by atoms with Gasteiger partial charge in [0, 0.05) is 11.6 Å². The van der Waals surface area contributed by atoms with E-state index in [2.05, 4.69) is 15.5 Å². The number of nitrogens with zero attached hydrogens (tertiary/aromatic N) is 2. The average molecular weight is 417 g/mol. The van der Waals surface area contributed by atoms with Crippen molar-refractivity contribution in [1.29, 1.82) is 0 Å². The molecule has 1 amide bonds. The lowest BCUT2D eigenvalue weighted by Crippen LogP contribution is -2.19. The lowest BCUT2D eigenvalue weighted by atomic mass is 10.1. The Morgan fingerprint density at radius 3 is 2.70 bits per heavy atom. The number of carbonyl (C=O) groups is 2. The van der Waals surface area contributed by atoms with Crippen molar-refractivity contribution in [2.24, 2.45) is 10.2 Å². The predicted octanol–water partition coefficient (Wildman–Crippen LogP) is 4.24. The Labute approximate surface area is 175 Å². The topological polar surface area (TPSA) is 104 Å². The van der Waals surface area contributed by atoms with Crippen LogP contribution in [0.5, 0.6) is 0 Å². The first kappa shape index (κ1) is 19.4. The largest absolute Gasteiger partial charge is 0.478 e. The molecule has 0 atom stereocenters.